The highest BCUT2D eigenvalue weighted by molar-refractivity contribution is 5.76. The van der Waals surface area contributed by atoms with Crippen LogP contribution in [0.2, 0.25) is 0 Å². The van der Waals surface area contributed by atoms with Crippen LogP contribution in [0.15, 0.2) is 12.4 Å². The summed E-state index contributed by atoms with van der Waals surface area (Å²) in [7, 11) is 0. The normalized spacial score (nSPS) is 27.0. The van der Waals surface area contributed by atoms with Crippen LogP contribution in [0.5, 0.6) is 0 Å². The van der Waals surface area contributed by atoms with Crippen molar-refractivity contribution in [1.82, 2.24) is 19.8 Å². The van der Waals surface area contributed by atoms with Gasteiger partial charge in [-0.2, -0.15) is 0 Å². The number of nitrogens with one attached hydrogen (secondary N) is 1. The predicted molar refractivity (Wildman–Crippen MR) is 128 cm³/mol. The molecule has 1 amide bonds. The van der Waals surface area contributed by atoms with Crippen LogP contribution in [0.25, 0.3) is 0 Å². The van der Waals surface area contributed by atoms with E-state index in [1.165, 1.54) is 71.0 Å². The van der Waals surface area contributed by atoms with E-state index in [0.717, 1.165) is 44.2 Å². The van der Waals surface area contributed by atoms with Gasteiger partial charge in [0.1, 0.15) is 18.0 Å². The smallest absolute Gasteiger partial charge is 0.222 e. The van der Waals surface area contributed by atoms with E-state index in [0.29, 0.717) is 30.2 Å². The summed E-state index contributed by atoms with van der Waals surface area (Å²) in [5, 5.41) is 3.48. The first-order valence-corrected chi connectivity index (χ1v) is 13.1. The van der Waals surface area contributed by atoms with Gasteiger partial charge in [0.05, 0.1) is 0 Å². The highest BCUT2D eigenvalue weighted by Gasteiger charge is 2.28. The van der Waals surface area contributed by atoms with Crippen LogP contribution in [0.1, 0.15) is 64.2 Å². The van der Waals surface area contributed by atoms with Crippen molar-refractivity contribution in [1.29, 1.82) is 0 Å². The van der Waals surface area contributed by atoms with E-state index >= 15 is 0 Å². The Morgan fingerprint density at radius 3 is 2.59 bits per heavy atom. The fraction of sp³-hybridized carbons (Fsp3) is 0.800. The molecule has 3 aliphatic heterocycles. The Kier molecular flexibility index (Phi) is 7.10. The minimum atomic E-state index is 0.381. The Hall–Kier alpha value is -1.89. The molecule has 1 saturated carbocycles. The maximum atomic E-state index is 13.0. The van der Waals surface area contributed by atoms with Crippen LogP contribution < -0.4 is 10.2 Å². The molecule has 5 rings (SSSR count). The minimum absolute atomic E-state index is 0.381. The molecule has 1 aromatic rings. The van der Waals surface area contributed by atoms with Gasteiger partial charge in [-0.25, -0.2) is 9.97 Å². The molecule has 0 radical (unpaired) electrons. The van der Waals surface area contributed by atoms with Crippen LogP contribution >= 0.6 is 0 Å². The van der Waals surface area contributed by atoms with Crippen LogP contribution in [-0.4, -0.2) is 77.5 Å². The molecule has 4 fully saturated rings. The van der Waals surface area contributed by atoms with E-state index in [9.17, 15) is 4.79 Å². The molecule has 1 aliphatic carbocycles. The first-order chi connectivity index (χ1) is 15.7. The first-order valence-electron chi connectivity index (χ1n) is 13.1. The average molecular weight is 441 g/mol. The summed E-state index contributed by atoms with van der Waals surface area (Å²) in [5.74, 6) is 3.61. The molecule has 4 aliphatic rings. The van der Waals surface area contributed by atoms with Gasteiger partial charge in [-0.1, -0.05) is 0 Å². The monoisotopic (exact) mass is 440 g/mol. The Balaban J connectivity index is 1.08. The molecule has 1 aromatic heterocycles. The zero-order valence-corrected chi connectivity index (χ0v) is 19.6. The van der Waals surface area contributed by atoms with Crippen molar-refractivity contribution < 1.29 is 4.79 Å². The van der Waals surface area contributed by atoms with Gasteiger partial charge < -0.3 is 20.0 Å². The van der Waals surface area contributed by atoms with Gasteiger partial charge in [-0.3, -0.25) is 4.79 Å². The first kappa shape index (κ1) is 21.9. The zero-order valence-electron chi connectivity index (χ0n) is 19.6. The van der Waals surface area contributed by atoms with Gasteiger partial charge in [0.15, 0.2) is 0 Å². The van der Waals surface area contributed by atoms with Crippen molar-refractivity contribution in [3.8, 4) is 0 Å². The molecule has 1 N–H and O–H groups in total. The molecule has 176 valence electrons. The number of hydrogen-bond acceptors (Lipinski definition) is 6. The molecule has 4 heterocycles. The number of amides is 1. The van der Waals surface area contributed by atoms with Crippen molar-refractivity contribution in [2.45, 2.75) is 70.3 Å². The molecule has 32 heavy (non-hydrogen) atoms. The lowest BCUT2D eigenvalue weighted by Gasteiger charge is -2.36. The van der Waals surface area contributed by atoms with E-state index < -0.39 is 0 Å². The molecule has 0 bridgehead atoms. The Bertz CT molecular complexity index is 763. The number of hydrogen-bond donors (Lipinski definition) is 1. The number of rotatable bonds is 8. The molecule has 0 spiro atoms. The van der Waals surface area contributed by atoms with E-state index in [4.69, 9.17) is 0 Å². The second-order valence-electron chi connectivity index (χ2n) is 10.5. The Labute approximate surface area is 193 Å². The molecule has 7 heteroatoms. The standard InChI is InChI=1S/C25H40N6O/c32-25(31-14-4-6-21(18-31)16-29-11-1-2-12-29)10-7-20-5-3-13-30(17-20)24-15-23(26-19-27-24)28-22-8-9-22/h15,19-22H,1-14,16-18H2,(H,26,27,28)/t20-,21-/m1/s1. The maximum Gasteiger partial charge on any atom is 0.222 e. The predicted octanol–water partition coefficient (Wildman–Crippen LogP) is 3.38. The van der Waals surface area contributed by atoms with Crippen molar-refractivity contribution in [2.24, 2.45) is 11.8 Å². The van der Waals surface area contributed by atoms with Crippen molar-refractivity contribution in [3.63, 3.8) is 0 Å². The van der Waals surface area contributed by atoms with Crippen molar-refractivity contribution in [2.75, 3.05) is 56.0 Å². The Morgan fingerprint density at radius 1 is 0.938 bits per heavy atom. The number of nitrogens with zero attached hydrogens (tertiary/aromatic N) is 5. The molecular weight excluding hydrogens is 400 g/mol. The summed E-state index contributed by atoms with van der Waals surface area (Å²) in [6.45, 7) is 7.70. The lowest BCUT2D eigenvalue weighted by atomic mass is 9.92. The van der Waals surface area contributed by atoms with E-state index in [1.54, 1.807) is 6.33 Å². The lowest BCUT2D eigenvalue weighted by molar-refractivity contribution is -0.133. The number of piperidine rings is 2. The van der Waals surface area contributed by atoms with Crippen LogP contribution in [0.4, 0.5) is 11.6 Å². The maximum absolute atomic E-state index is 13.0. The largest absolute Gasteiger partial charge is 0.367 e. The third kappa shape index (κ3) is 5.91. The van der Waals surface area contributed by atoms with Gasteiger partial charge in [0.25, 0.3) is 0 Å². The summed E-state index contributed by atoms with van der Waals surface area (Å²) in [6, 6.07) is 2.70. The molecule has 2 atom stereocenters. The highest BCUT2D eigenvalue weighted by Crippen LogP contribution is 2.28. The number of carbonyl (C=O) groups is 1. The second kappa shape index (κ2) is 10.4. The third-order valence-electron chi connectivity index (χ3n) is 7.78. The van der Waals surface area contributed by atoms with E-state index in [-0.39, 0.29) is 0 Å². The number of anilines is 2. The summed E-state index contributed by atoms with van der Waals surface area (Å²) in [6.07, 6.45) is 13.4. The minimum Gasteiger partial charge on any atom is -0.367 e. The molecular formula is C25H40N6O. The van der Waals surface area contributed by atoms with Gasteiger partial charge in [-0.05, 0) is 82.7 Å². The lowest BCUT2D eigenvalue weighted by Crippen LogP contribution is -2.43. The highest BCUT2D eigenvalue weighted by atomic mass is 16.2. The van der Waals surface area contributed by atoms with E-state index in [2.05, 4.69) is 36.1 Å². The van der Waals surface area contributed by atoms with Crippen LogP contribution in [-0.2, 0) is 4.79 Å². The van der Waals surface area contributed by atoms with Gasteiger partial charge >= 0.3 is 0 Å². The fourth-order valence-corrected chi connectivity index (χ4v) is 5.80. The fourth-order valence-electron chi connectivity index (χ4n) is 5.80. The second-order valence-corrected chi connectivity index (χ2v) is 10.5. The number of carbonyl (C=O) groups excluding carboxylic acids is 1. The van der Waals surface area contributed by atoms with Crippen molar-refractivity contribution in [3.05, 3.63) is 12.4 Å². The SMILES string of the molecule is O=C(CC[C@H]1CCCN(c2cc(NC3CC3)ncn2)C1)N1CCC[C@H](CN2CCCC2)C1. The average Bonchev–Trinajstić information content (AvgIpc) is 3.49. The molecule has 0 aromatic carbocycles. The zero-order chi connectivity index (χ0) is 21.8. The molecule has 3 saturated heterocycles. The number of aromatic nitrogens is 2. The topological polar surface area (TPSA) is 64.6 Å². The molecule has 7 nitrogen and oxygen atoms in total. The summed E-state index contributed by atoms with van der Waals surface area (Å²) in [4.78, 5) is 29.1. The summed E-state index contributed by atoms with van der Waals surface area (Å²) < 4.78 is 0. The van der Waals surface area contributed by atoms with Gasteiger partial charge in [-0.15, -0.1) is 0 Å². The third-order valence-corrected chi connectivity index (χ3v) is 7.78. The molecule has 0 unspecified atom stereocenters. The van der Waals surface area contributed by atoms with Crippen LogP contribution in [0.3, 0.4) is 0 Å². The number of likely N-dealkylation sites (tertiary alicyclic amines) is 2. The van der Waals surface area contributed by atoms with Gasteiger partial charge in [0.2, 0.25) is 5.91 Å². The van der Waals surface area contributed by atoms with Crippen molar-refractivity contribution >= 4 is 17.5 Å². The van der Waals surface area contributed by atoms with Gasteiger partial charge in [0, 0.05) is 51.3 Å². The Morgan fingerprint density at radius 2 is 1.75 bits per heavy atom. The summed E-state index contributed by atoms with van der Waals surface area (Å²) in [5.41, 5.74) is 0. The van der Waals surface area contributed by atoms with Crippen LogP contribution in [0, 0.1) is 11.8 Å². The summed E-state index contributed by atoms with van der Waals surface area (Å²) >= 11 is 0. The van der Waals surface area contributed by atoms with E-state index in [1.807, 2.05) is 0 Å². The quantitative estimate of drug-likeness (QED) is 0.669.